The fourth-order valence-corrected chi connectivity index (χ4v) is 3.50. The SMILES string of the molecule is CC(Cc1c[nH]c2ccccc12)NC(=O)c1cnc(Br)s1. The third-order valence-electron chi connectivity index (χ3n) is 3.28. The van der Waals surface area contributed by atoms with Crippen molar-refractivity contribution in [1.29, 1.82) is 0 Å². The van der Waals surface area contributed by atoms with Crippen LogP contribution in [0.1, 0.15) is 22.2 Å². The number of hydrogen-bond acceptors (Lipinski definition) is 3. The molecule has 1 atom stereocenters. The lowest BCUT2D eigenvalue weighted by Gasteiger charge is -2.12. The van der Waals surface area contributed by atoms with E-state index in [0.717, 1.165) is 15.9 Å². The number of thiazole rings is 1. The lowest BCUT2D eigenvalue weighted by atomic mass is 10.1. The molecule has 0 aliphatic carbocycles. The second-order valence-electron chi connectivity index (χ2n) is 4.92. The number of nitrogens with zero attached hydrogens (tertiary/aromatic N) is 1. The average molecular weight is 364 g/mol. The van der Waals surface area contributed by atoms with Gasteiger partial charge in [-0.25, -0.2) is 4.98 Å². The summed E-state index contributed by atoms with van der Waals surface area (Å²) in [4.78, 5) is 20.0. The molecule has 0 aliphatic rings. The minimum Gasteiger partial charge on any atom is -0.361 e. The average Bonchev–Trinajstić information content (AvgIpc) is 3.06. The number of carbonyl (C=O) groups excluding carboxylic acids is 1. The van der Waals surface area contributed by atoms with Gasteiger partial charge in [0.25, 0.3) is 5.91 Å². The summed E-state index contributed by atoms with van der Waals surface area (Å²) in [5.41, 5.74) is 2.33. The first-order valence-electron chi connectivity index (χ1n) is 6.60. The number of hydrogen-bond donors (Lipinski definition) is 2. The Morgan fingerprint density at radius 1 is 1.48 bits per heavy atom. The molecule has 3 aromatic rings. The molecule has 4 nitrogen and oxygen atoms in total. The van der Waals surface area contributed by atoms with Crippen molar-refractivity contribution in [3.8, 4) is 0 Å². The zero-order chi connectivity index (χ0) is 14.8. The van der Waals surface area contributed by atoms with Crippen molar-refractivity contribution in [1.82, 2.24) is 15.3 Å². The van der Waals surface area contributed by atoms with E-state index in [9.17, 15) is 4.79 Å². The van der Waals surface area contributed by atoms with Gasteiger partial charge in [-0.1, -0.05) is 18.2 Å². The lowest BCUT2D eigenvalue weighted by molar-refractivity contribution is 0.0944. The van der Waals surface area contributed by atoms with Crippen LogP contribution in [0.4, 0.5) is 0 Å². The molecule has 21 heavy (non-hydrogen) atoms. The van der Waals surface area contributed by atoms with Gasteiger partial charge in [0.1, 0.15) is 4.88 Å². The van der Waals surface area contributed by atoms with E-state index in [1.165, 1.54) is 22.3 Å². The van der Waals surface area contributed by atoms with Crippen molar-refractivity contribution >= 4 is 44.1 Å². The monoisotopic (exact) mass is 363 g/mol. The van der Waals surface area contributed by atoms with Crippen LogP contribution in [0.15, 0.2) is 40.6 Å². The topological polar surface area (TPSA) is 57.8 Å². The molecule has 108 valence electrons. The van der Waals surface area contributed by atoms with Crippen LogP contribution in [0.3, 0.4) is 0 Å². The van der Waals surface area contributed by atoms with Gasteiger partial charge >= 0.3 is 0 Å². The predicted octanol–water partition coefficient (Wildman–Crippen LogP) is 3.75. The van der Waals surface area contributed by atoms with E-state index in [2.05, 4.69) is 43.3 Å². The number of aromatic amines is 1. The number of nitrogens with one attached hydrogen (secondary N) is 2. The Kier molecular flexibility index (Phi) is 4.07. The number of carbonyl (C=O) groups is 1. The Labute approximate surface area is 134 Å². The number of para-hydroxylation sites is 1. The second-order valence-corrected chi connectivity index (χ2v) is 7.22. The minimum absolute atomic E-state index is 0.0533. The molecule has 6 heteroatoms. The van der Waals surface area contributed by atoms with E-state index in [0.29, 0.717) is 4.88 Å². The van der Waals surface area contributed by atoms with Crippen molar-refractivity contribution in [2.45, 2.75) is 19.4 Å². The van der Waals surface area contributed by atoms with Crippen molar-refractivity contribution in [2.75, 3.05) is 0 Å². The van der Waals surface area contributed by atoms with Crippen LogP contribution >= 0.6 is 27.3 Å². The molecule has 0 radical (unpaired) electrons. The zero-order valence-electron chi connectivity index (χ0n) is 11.4. The van der Waals surface area contributed by atoms with E-state index in [-0.39, 0.29) is 11.9 Å². The summed E-state index contributed by atoms with van der Waals surface area (Å²) < 4.78 is 0.719. The number of rotatable bonds is 4. The Hall–Kier alpha value is -1.66. The van der Waals surface area contributed by atoms with Crippen LogP contribution in [-0.4, -0.2) is 21.9 Å². The van der Waals surface area contributed by atoms with Crippen LogP contribution in [-0.2, 0) is 6.42 Å². The zero-order valence-corrected chi connectivity index (χ0v) is 13.8. The van der Waals surface area contributed by atoms with Crippen molar-refractivity contribution in [3.05, 3.63) is 51.0 Å². The highest BCUT2D eigenvalue weighted by Gasteiger charge is 2.14. The Morgan fingerprint density at radius 3 is 3.05 bits per heavy atom. The number of H-pyrrole nitrogens is 1. The molecular formula is C15H14BrN3OS. The van der Waals surface area contributed by atoms with Crippen molar-refractivity contribution < 1.29 is 4.79 Å². The molecule has 1 unspecified atom stereocenters. The number of fused-ring (bicyclic) bond motifs is 1. The largest absolute Gasteiger partial charge is 0.361 e. The molecule has 1 amide bonds. The quantitative estimate of drug-likeness (QED) is 0.741. The normalized spacial score (nSPS) is 12.5. The first-order valence-corrected chi connectivity index (χ1v) is 8.21. The van der Waals surface area contributed by atoms with Crippen molar-refractivity contribution in [3.63, 3.8) is 0 Å². The smallest absolute Gasteiger partial charge is 0.263 e. The molecule has 0 saturated carbocycles. The molecule has 2 aromatic heterocycles. The highest BCUT2D eigenvalue weighted by Crippen LogP contribution is 2.20. The van der Waals surface area contributed by atoms with Crippen LogP contribution < -0.4 is 5.32 Å². The third-order valence-corrected chi connectivity index (χ3v) is 4.75. The molecule has 2 heterocycles. The fourth-order valence-electron chi connectivity index (χ4n) is 2.33. The Bertz CT molecular complexity index is 780. The summed E-state index contributed by atoms with van der Waals surface area (Å²) in [6, 6.07) is 8.23. The van der Waals surface area contributed by atoms with Crippen LogP contribution in [0.2, 0.25) is 0 Å². The summed E-state index contributed by atoms with van der Waals surface area (Å²) in [7, 11) is 0. The van der Waals surface area contributed by atoms with Gasteiger partial charge in [-0.3, -0.25) is 4.79 Å². The van der Waals surface area contributed by atoms with Gasteiger partial charge in [0.05, 0.1) is 6.20 Å². The van der Waals surface area contributed by atoms with E-state index >= 15 is 0 Å². The number of halogens is 1. The number of aromatic nitrogens is 2. The molecule has 1 aromatic carbocycles. The molecule has 0 aliphatic heterocycles. The van der Waals surface area contributed by atoms with E-state index < -0.39 is 0 Å². The summed E-state index contributed by atoms with van der Waals surface area (Å²) in [6.45, 7) is 2.01. The maximum atomic E-state index is 12.1. The summed E-state index contributed by atoms with van der Waals surface area (Å²) in [6.07, 6.45) is 4.38. The van der Waals surface area contributed by atoms with Gasteiger partial charge in [-0.15, -0.1) is 11.3 Å². The van der Waals surface area contributed by atoms with E-state index in [1.54, 1.807) is 6.20 Å². The summed E-state index contributed by atoms with van der Waals surface area (Å²) in [5, 5.41) is 4.22. The molecule has 2 N–H and O–H groups in total. The number of amides is 1. The van der Waals surface area contributed by atoms with Gasteiger partial charge in [0, 0.05) is 23.1 Å². The van der Waals surface area contributed by atoms with Crippen LogP contribution in [0, 0.1) is 0 Å². The standard InChI is InChI=1S/C15H14BrN3OS/c1-9(19-14(20)13-8-18-15(16)21-13)6-10-7-17-12-5-3-2-4-11(10)12/h2-5,7-9,17H,6H2,1H3,(H,19,20). The molecule has 0 spiro atoms. The highest BCUT2D eigenvalue weighted by molar-refractivity contribution is 9.11. The second kappa shape index (κ2) is 5.99. The molecular weight excluding hydrogens is 350 g/mol. The van der Waals surface area contributed by atoms with Gasteiger partial charge in [0.2, 0.25) is 0 Å². The maximum Gasteiger partial charge on any atom is 0.263 e. The van der Waals surface area contributed by atoms with E-state index in [1.807, 2.05) is 25.3 Å². The van der Waals surface area contributed by atoms with Crippen molar-refractivity contribution in [2.24, 2.45) is 0 Å². The first kappa shape index (κ1) is 14.3. The Morgan fingerprint density at radius 2 is 2.29 bits per heavy atom. The minimum atomic E-state index is -0.0782. The van der Waals surface area contributed by atoms with Gasteiger partial charge in [0.15, 0.2) is 3.92 Å². The van der Waals surface area contributed by atoms with Crippen LogP contribution in [0.25, 0.3) is 10.9 Å². The lowest BCUT2D eigenvalue weighted by Crippen LogP contribution is -2.33. The molecule has 3 rings (SSSR count). The molecule has 0 fully saturated rings. The summed E-state index contributed by atoms with van der Waals surface area (Å²) >= 11 is 4.60. The molecule has 0 bridgehead atoms. The van der Waals surface area contributed by atoms with Gasteiger partial charge < -0.3 is 10.3 Å². The third kappa shape index (κ3) is 3.16. The predicted molar refractivity (Wildman–Crippen MR) is 88.7 cm³/mol. The van der Waals surface area contributed by atoms with Gasteiger partial charge in [-0.2, -0.15) is 0 Å². The van der Waals surface area contributed by atoms with Crippen LogP contribution in [0.5, 0.6) is 0 Å². The van der Waals surface area contributed by atoms with E-state index in [4.69, 9.17) is 0 Å². The molecule has 0 saturated heterocycles. The number of benzene rings is 1. The fraction of sp³-hybridized carbons (Fsp3) is 0.200. The Balaban J connectivity index is 1.69. The summed E-state index contributed by atoms with van der Waals surface area (Å²) in [5.74, 6) is -0.0782. The highest BCUT2D eigenvalue weighted by atomic mass is 79.9. The maximum absolute atomic E-state index is 12.1. The van der Waals surface area contributed by atoms with Gasteiger partial charge in [-0.05, 0) is 40.9 Å². The first-order chi connectivity index (χ1) is 10.1.